The van der Waals surface area contributed by atoms with Crippen LogP contribution in [0, 0.1) is 5.92 Å². The predicted octanol–water partition coefficient (Wildman–Crippen LogP) is 1.97. The van der Waals surface area contributed by atoms with Gasteiger partial charge in [0.15, 0.2) is 0 Å². The van der Waals surface area contributed by atoms with Crippen LogP contribution in [0.2, 0.25) is 0 Å². The summed E-state index contributed by atoms with van der Waals surface area (Å²) in [4.78, 5) is 13.7. The van der Waals surface area contributed by atoms with Gasteiger partial charge in [-0.15, -0.1) is 0 Å². The monoisotopic (exact) mass is 201 g/mol. The number of carboxylic acid groups (broad SMARTS) is 1. The summed E-state index contributed by atoms with van der Waals surface area (Å²) in [6.07, 6.45) is 1.51. The molecule has 0 spiro atoms. The lowest BCUT2D eigenvalue weighted by Gasteiger charge is -2.52. The Hall–Kier alpha value is -0.570. The van der Waals surface area contributed by atoms with Crippen LogP contribution in [0.4, 0.5) is 0 Å². The number of hydrogen-bond acceptors (Lipinski definition) is 3. The van der Waals surface area contributed by atoms with Crippen molar-refractivity contribution in [3.8, 4) is 0 Å². The highest BCUT2D eigenvalue weighted by Gasteiger charge is 2.45. The molecule has 1 aliphatic heterocycles. The molecule has 1 aliphatic rings. The van der Waals surface area contributed by atoms with Crippen LogP contribution in [0.1, 0.15) is 40.5 Å². The van der Waals surface area contributed by atoms with Crippen LogP contribution in [0.5, 0.6) is 0 Å². The number of nitrogens with zero attached hydrogens (tertiary/aromatic N) is 1. The number of hydrogen-bond donors (Lipinski definition) is 1. The van der Waals surface area contributed by atoms with E-state index in [1.54, 1.807) is 0 Å². The summed E-state index contributed by atoms with van der Waals surface area (Å²) in [7, 11) is 2.09. The van der Waals surface area contributed by atoms with E-state index in [0.717, 1.165) is 12.8 Å². The number of rotatable bonds is 1. The molecule has 3 heteroatoms. The summed E-state index contributed by atoms with van der Waals surface area (Å²) in [5.74, 6) is -0.548. The third-order valence-corrected chi connectivity index (χ3v) is 3.64. The van der Waals surface area contributed by atoms with E-state index in [9.17, 15) is 4.79 Å². The SMILES string of the molecule is [3H]OC(=O)C1CC(C)(C)N(C)C(C)(C)C1. The van der Waals surface area contributed by atoms with Crippen molar-refractivity contribution < 1.29 is 9.90 Å². The van der Waals surface area contributed by atoms with Crippen molar-refractivity contribution in [2.24, 2.45) is 5.92 Å². The van der Waals surface area contributed by atoms with Crippen LogP contribution < -0.4 is 0 Å². The molecule has 3 nitrogen and oxygen atoms in total. The Labute approximate surface area is 87.6 Å². The van der Waals surface area contributed by atoms with Gasteiger partial charge in [-0.1, -0.05) is 0 Å². The lowest BCUT2D eigenvalue weighted by Crippen LogP contribution is -2.59. The molecule has 0 amide bonds. The van der Waals surface area contributed by atoms with E-state index in [2.05, 4.69) is 44.8 Å². The number of carboxylic acids is 1. The second kappa shape index (κ2) is 3.23. The third kappa shape index (κ3) is 1.92. The van der Waals surface area contributed by atoms with E-state index < -0.39 is 5.97 Å². The molecule has 0 saturated carbocycles. The van der Waals surface area contributed by atoms with E-state index in [-0.39, 0.29) is 17.0 Å². The Bertz CT molecular complexity index is 245. The van der Waals surface area contributed by atoms with Gasteiger partial charge in [0, 0.05) is 11.1 Å². The van der Waals surface area contributed by atoms with Crippen molar-refractivity contribution in [3.63, 3.8) is 0 Å². The molecule has 0 radical (unpaired) electrons. The highest BCUT2D eigenvalue weighted by Crippen LogP contribution is 2.39. The Morgan fingerprint density at radius 3 is 2.14 bits per heavy atom. The minimum absolute atomic E-state index is 0.0272. The molecule has 0 aromatic carbocycles. The fourth-order valence-electron chi connectivity index (χ4n) is 2.54. The van der Waals surface area contributed by atoms with Crippen molar-refractivity contribution in [2.75, 3.05) is 7.05 Å². The highest BCUT2D eigenvalue weighted by molar-refractivity contribution is 5.70. The number of aliphatic carboxylic acids is 1. The van der Waals surface area contributed by atoms with Gasteiger partial charge in [0.25, 0.3) is 1.43 Å². The van der Waals surface area contributed by atoms with Crippen molar-refractivity contribution in [1.29, 1.82) is 1.43 Å². The quantitative estimate of drug-likeness (QED) is 0.705. The van der Waals surface area contributed by atoms with E-state index in [4.69, 9.17) is 1.43 Å². The van der Waals surface area contributed by atoms with Crippen molar-refractivity contribution in [1.82, 2.24) is 4.90 Å². The molecular weight excluding hydrogens is 178 g/mol. The number of carbonyl (C=O) groups is 1. The Morgan fingerprint density at radius 1 is 1.36 bits per heavy atom. The Kier molecular flexibility index (Phi) is 2.30. The number of likely N-dealkylation sites (tertiary alicyclic amines) is 1. The summed E-state index contributed by atoms with van der Waals surface area (Å²) < 4.78 is 6.69. The van der Waals surface area contributed by atoms with Gasteiger partial charge in [-0.2, -0.15) is 0 Å². The van der Waals surface area contributed by atoms with E-state index >= 15 is 0 Å². The van der Waals surface area contributed by atoms with Crippen LogP contribution in [-0.2, 0) is 4.79 Å². The molecule has 1 N–H and O–H groups in total. The molecule has 0 aromatic heterocycles. The third-order valence-electron chi connectivity index (χ3n) is 3.64. The fourth-order valence-corrected chi connectivity index (χ4v) is 2.54. The van der Waals surface area contributed by atoms with Crippen molar-refractivity contribution in [3.05, 3.63) is 0 Å². The minimum atomic E-state index is -0.399. The maximum atomic E-state index is 11.4. The molecule has 0 atom stereocenters. The average Bonchev–Trinajstić information content (AvgIpc) is 2.11. The fraction of sp³-hybridized carbons (Fsp3) is 0.909. The maximum absolute atomic E-state index is 11.4. The molecule has 0 unspecified atom stereocenters. The maximum Gasteiger partial charge on any atom is 0.306 e. The molecule has 0 bridgehead atoms. The zero-order valence-electron chi connectivity index (χ0n) is 10.8. The zero-order valence-corrected chi connectivity index (χ0v) is 9.76. The molecule has 0 aromatic rings. The summed E-state index contributed by atoms with van der Waals surface area (Å²) in [6, 6.07) is 0. The molecule has 1 heterocycles. The second-order valence-corrected chi connectivity index (χ2v) is 5.61. The molecule has 82 valence electrons. The Morgan fingerprint density at radius 2 is 1.79 bits per heavy atom. The normalized spacial score (nSPS) is 28.2. The van der Waals surface area contributed by atoms with Crippen LogP contribution in [0.3, 0.4) is 0 Å². The van der Waals surface area contributed by atoms with Gasteiger partial charge >= 0.3 is 5.97 Å². The molecule has 1 rings (SSSR count). The van der Waals surface area contributed by atoms with Crippen molar-refractivity contribution >= 4 is 5.97 Å². The van der Waals surface area contributed by atoms with Crippen LogP contribution in [-0.4, -0.2) is 34.1 Å². The second-order valence-electron chi connectivity index (χ2n) is 5.61. The minimum Gasteiger partial charge on any atom is -0.481 e. The highest BCUT2D eigenvalue weighted by atomic mass is 16.4. The van der Waals surface area contributed by atoms with Gasteiger partial charge in [0.05, 0.1) is 5.92 Å². The molecule has 0 aliphatic carbocycles. The van der Waals surface area contributed by atoms with E-state index in [0.29, 0.717) is 0 Å². The molecular formula is C11H21NO2. The van der Waals surface area contributed by atoms with Gasteiger partial charge in [-0.3, -0.25) is 9.69 Å². The summed E-state index contributed by atoms with van der Waals surface area (Å²) in [5, 5.41) is 4.10. The standard InChI is InChI=1S/C11H21NO2/c1-10(2)6-8(9(13)14)7-11(3,4)12(10)5/h8H,6-7H2,1-5H3,(H,13,14)/i/hT. The predicted molar refractivity (Wildman–Crippen MR) is 56.3 cm³/mol. The van der Waals surface area contributed by atoms with Crippen molar-refractivity contribution in [2.45, 2.75) is 51.6 Å². The van der Waals surface area contributed by atoms with Gasteiger partial charge < -0.3 is 5.11 Å². The lowest BCUT2D eigenvalue weighted by atomic mass is 9.74. The molecule has 1 fully saturated rings. The number of piperidine rings is 1. The smallest absolute Gasteiger partial charge is 0.306 e. The summed E-state index contributed by atoms with van der Waals surface area (Å²) >= 11 is 0. The Balaban J connectivity index is 2.89. The zero-order chi connectivity index (χ0) is 11.9. The average molecular weight is 201 g/mol. The molecule has 14 heavy (non-hydrogen) atoms. The first kappa shape index (κ1) is 9.97. The first-order valence-electron chi connectivity index (χ1n) is 5.52. The van der Waals surface area contributed by atoms with Gasteiger partial charge in [-0.25, -0.2) is 0 Å². The summed E-state index contributed by atoms with van der Waals surface area (Å²) in [6.45, 7) is 8.49. The summed E-state index contributed by atoms with van der Waals surface area (Å²) in [5.41, 5.74) is -0.0544. The van der Waals surface area contributed by atoms with Gasteiger partial charge in [-0.05, 0) is 47.6 Å². The topological polar surface area (TPSA) is 40.5 Å². The van der Waals surface area contributed by atoms with E-state index in [1.807, 2.05) is 0 Å². The van der Waals surface area contributed by atoms with Crippen LogP contribution >= 0.6 is 0 Å². The first-order chi connectivity index (χ1) is 6.70. The largest absolute Gasteiger partial charge is 0.481 e. The van der Waals surface area contributed by atoms with E-state index in [1.165, 1.54) is 0 Å². The van der Waals surface area contributed by atoms with Gasteiger partial charge in [0.2, 0.25) is 0 Å². The van der Waals surface area contributed by atoms with Gasteiger partial charge in [0.1, 0.15) is 0 Å². The van der Waals surface area contributed by atoms with Crippen LogP contribution in [0.25, 0.3) is 1.43 Å². The molecule has 1 saturated heterocycles. The van der Waals surface area contributed by atoms with Crippen LogP contribution in [0.15, 0.2) is 0 Å². The first-order valence-corrected chi connectivity index (χ1v) is 5.11. The lowest BCUT2D eigenvalue weighted by molar-refractivity contribution is -0.149.